The maximum Gasteiger partial charge on any atom is 0.328 e. The molecule has 0 bridgehead atoms. The van der Waals surface area contributed by atoms with Crippen LogP contribution in [0.1, 0.15) is 47.8 Å². The third-order valence-corrected chi connectivity index (χ3v) is 4.16. The lowest BCUT2D eigenvalue weighted by Crippen LogP contribution is -2.33. The van der Waals surface area contributed by atoms with Crippen molar-refractivity contribution >= 4 is 29.3 Å². The van der Waals surface area contributed by atoms with E-state index < -0.39 is 5.97 Å². The van der Waals surface area contributed by atoms with Crippen LogP contribution in [0.15, 0.2) is 17.5 Å². The summed E-state index contributed by atoms with van der Waals surface area (Å²) >= 11 is 1.40. The molecule has 1 aliphatic carbocycles. The average molecular weight is 293 g/mol. The Morgan fingerprint density at radius 3 is 2.85 bits per heavy atom. The van der Waals surface area contributed by atoms with Crippen molar-refractivity contribution in [3.05, 3.63) is 28.0 Å². The SMILES string of the molecule is CCCCN(C(=O)c1csc(C=CC(=O)O)c1)C1CC1. The molecule has 1 aromatic heterocycles. The van der Waals surface area contributed by atoms with Gasteiger partial charge >= 0.3 is 5.97 Å². The van der Waals surface area contributed by atoms with E-state index in [9.17, 15) is 9.59 Å². The van der Waals surface area contributed by atoms with E-state index >= 15 is 0 Å². The number of aliphatic carboxylic acids is 1. The standard InChI is InChI=1S/C15H19NO3S/c1-2-3-8-16(12-4-5-12)15(19)11-9-13(20-10-11)6-7-14(17)18/h6-7,9-10,12H,2-5,8H2,1H3,(H,17,18). The number of hydrogen-bond donors (Lipinski definition) is 1. The van der Waals surface area contributed by atoms with Crippen molar-refractivity contribution in [2.75, 3.05) is 6.54 Å². The van der Waals surface area contributed by atoms with Gasteiger partial charge in [0, 0.05) is 28.9 Å². The predicted molar refractivity (Wildman–Crippen MR) is 80.0 cm³/mol. The molecule has 0 unspecified atom stereocenters. The summed E-state index contributed by atoms with van der Waals surface area (Å²) in [4.78, 5) is 25.7. The van der Waals surface area contributed by atoms with Crippen LogP contribution in [0.25, 0.3) is 6.08 Å². The summed E-state index contributed by atoms with van der Waals surface area (Å²) in [5.74, 6) is -0.902. The number of hydrogen-bond acceptors (Lipinski definition) is 3. The Labute approximate surface area is 122 Å². The van der Waals surface area contributed by atoms with Gasteiger partial charge in [-0.15, -0.1) is 11.3 Å². The molecule has 0 aromatic carbocycles. The highest BCUT2D eigenvalue weighted by Crippen LogP contribution is 2.29. The molecule has 1 amide bonds. The average Bonchev–Trinajstić information content (AvgIpc) is 3.14. The molecular formula is C15H19NO3S. The molecule has 1 aliphatic rings. The van der Waals surface area contributed by atoms with E-state index in [-0.39, 0.29) is 5.91 Å². The van der Waals surface area contributed by atoms with Crippen LogP contribution in [0, 0.1) is 0 Å². The molecule has 0 radical (unpaired) electrons. The van der Waals surface area contributed by atoms with Crippen LogP contribution in [0.5, 0.6) is 0 Å². The second-order valence-electron chi connectivity index (χ2n) is 4.99. The van der Waals surface area contributed by atoms with Crippen LogP contribution < -0.4 is 0 Å². The molecule has 1 heterocycles. The van der Waals surface area contributed by atoms with E-state index in [0.29, 0.717) is 11.6 Å². The van der Waals surface area contributed by atoms with Gasteiger partial charge in [-0.1, -0.05) is 13.3 Å². The van der Waals surface area contributed by atoms with Crippen molar-refractivity contribution < 1.29 is 14.7 Å². The summed E-state index contributed by atoms with van der Waals surface area (Å²) < 4.78 is 0. The topological polar surface area (TPSA) is 57.6 Å². The molecule has 0 spiro atoms. The minimum absolute atomic E-state index is 0.0761. The van der Waals surface area contributed by atoms with E-state index in [1.165, 1.54) is 17.4 Å². The third-order valence-electron chi connectivity index (χ3n) is 3.26. The molecule has 1 aromatic rings. The molecule has 20 heavy (non-hydrogen) atoms. The van der Waals surface area contributed by atoms with Crippen molar-refractivity contribution in [3.63, 3.8) is 0 Å². The minimum Gasteiger partial charge on any atom is -0.478 e. The van der Waals surface area contributed by atoms with Gasteiger partial charge in [-0.2, -0.15) is 0 Å². The number of rotatable bonds is 7. The van der Waals surface area contributed by atoms with E-state index in [2.05, 4.69) is 6.92 Å². The van der Waals surface area contributed by atoms with Gasteiger partial charge in [0.2, 0.25) is 0 Å². The maximum atomic E-state index is 12.5. The van der Waals surface area contributed by atoms with Gasteiger partial charge < -0.3 is 10.0 Å². The van der Waals surface area contributed by atoms with Crippen molar-refractivity contribution in [1.82, 2.24) is 4.90 Å². The fourth-order valence-electron chi connectivity index (χ4n) is 2.04. The Hall–Kier alpha value is -1.62. The summed E-state index contributed by atoms with van der Waals surface area (Å²) in [6.07, 6.45) is 6.93. The van der Waals surface area contributed by atoms with Crippen LogP contribution in [0.4, 0.5) is 0 Å². The summed E-state index contributed by atoms with van der Waals surface area (Å²) in [5, 5.41) is 10.4. The second kappa shape index (κ2) is 6.70. The van der Waals surface area contributed by atoms with Gasteiger partial charge in [0.1, 0.15) is 0 Å². The van der Waals surface area contributed by atoms with E-state index in [1.54, 1.807) is 6.07 Å². The van der Waals surface area contributed by atoms with Gasteiger partial charge in [-0.25, -0.2) is 4.79 Å². The molecule has 108 valence electrons. The number of carbonyl (C=O) groups is 2. The van der Waals surface area contributed by atoms with Crippen LogP contribution in [0.2, 0.25) is 0 Å². The summed E-state index contributed by atoms with van der Waals surface area (Å²) in [6.45, 7) is 2.94. The largest absolute Gasteiger partial charge is 0.478 e. The van der Waals surface area contributed by atoms with Crippen LogP contribution in [-0.2, 0) is 4.79 Å². The fourth-order valence-corrected chi connectivity index (χ4v) is 2.81. The quantitative estimate of drug-likeness (QED) is 0.785. The van der Waals surface area contributed by atoms with Crippen LogP contribution >= 0.6 is 11.3 Å². The summed E-state index contributed by atoms with van der Waals surface area (Å²) in [6, 6.07) is 2.18. The van der Waals surface area contributed by atoms with Crippen molar-refractivity contribution in [2.24, 2.45) is 0 Å². The van der Waals surface area contributed by atoms with Crippen molar-refractivity contribution in [2.45, 2.75) is 38.6 Å². The summed E-state index contributed by atoms with van der Waals surface area (Å²) in [7, 11) is 0. The number of carboxylic acid groups (broad SMARTS) is 1. The zero-order valence-electron chi connectivity index (χ0n) is 11.5. The first kappa shape index (κ1) is 14.8. The molecule has 5 heteroatoms. The van der Waals surface area contributed by atoms with Gasteiger partial charge in [0.25, 0.3) is 5.91 Å². The smallest absolute Gasteiger partial charge is 0.328 e. The number of nitrogens with zero attached hydrogens (tertiary/aromatic N) is 1. The van der Waals surface area contributed by atoms with E-state index in [1.807, 2.05) is 10.3 Å². The highest BCUT2D eigenvalue weighted by atomic mass is 32.1. The van der Waals surface area contributed by atoms with Crippen molar-refractivity contribution in [3.8, 4) is 0 Å². The monoisotopic (exact) mass is 293 g/mol. The first-order valence-electron chi connectivity index (χ1n) is 6.92. The number of unbranched alkanes of at least 4 members (excludes halogenated alkanes) is 1. The first-order valence-corrected chi connectivity index (χ1v) is 7.80. The zero-order valence-corrected chi connectivity index (χ0v) is 12.4. The number of carbonyl (C=O) groups excluding carboxylic acids is 1. The Balaban J connectivity index is 2.05. The fraction of sp³-hybridized carbons (Fsp3) is 0.467. The Morgan fingerprint density at radius 2 is 2.25 bits per heavy atom. The number of amides is 1. The minimum atomic E-state index is -0.978. The number of thiophene rings is 1. The second-order valence-corrected chi connectivity index (χ2v) is 5.94. The normalized spacial score (nSPS) is 14.7. The van der Waals surface area contributed by atoms with Crippen molar-refractivity contribution in [1.29, 1.82) is 0 Å². The molecule has 0 atom stereocenters. The lowest BCUT2D eigenvalue weighted by atomic mass is 10.2. The predicted octanol–water partition coefficient (Wildman–Crippen LogP) is 3.25. The summed E-state index contributed by atoms with van der Waals surface area (Å²) in [5.41, 5.74) is 0.669. The zero-order chi connectivity index (χ0) is 14.5. The van der Waals surface area contributed by atoms with E-state index in [4.69, 9.17) is 5.11 Å². The molecule has 0 aliphatic heterocycles. The highest BCUT2D eigenvalue weighted by molar-refractivity contribution is 7.11. The lowest BCUT2D eigenvalue weighted by Gasteiger charge is -2.21. The van der Waals surface area contributed by atoms with Gasteiger partial charge in [-0.05, 0) is 31.4 Å². The Bertz CT molecular complexity index is 517. The van der Waals surface area contributed by atoms with Gasteiger partial charge in [-0.3, -0.25) is 4.79 Å². The Morgan fingerprint density at radius 1 is 1.50 bits per heavy atom. The molecule has 4 nitrogen and oxygen atoms in total. The van der Waals surface area contributed by atoms with Crippen LogP contribution in [0.3, 0.4) is 0 Å². The van der Waals surface area contributed by atoms with Gasteiger partial charge in [0.05, 0.1) is 5.56 Å². The highest BCUT2D eigenvalue weighted by Gasteiger charge is 2.32. The molecule has 0 saturated heterocycles. The molecule has 1 fully saturated rings. The maximum absolute atomic E-state index is 12.5. The third kappa shape index (κ3) is 3.93. The Kier molecular flexibility index (Phi) is 4.95. The van der Waals surface area contributed by atoms with E-state index in [0.717, 1.165) is 43.2 Å². The lowest BCUT2D eigenvalue weighted by molar-refractivity contribution is -0.131. The molecule has 1 N–H and O–H groups in total. The molecular weight excluding hydrogens is 274 g/mol. The first-order chi connectivity index (χ1) is 9.61. The van der Waals surface area contributed by atoms with Gasteiger partial charge in [0.15, 0.2) is 0 Å². The van der Waals surface area contributed by atoms with Crippen LogP contribution in [-0.4, -0.2) is 34.5 Å². The molecule has 1 saturated carbocycles. The number of carboxylic acids is 1. The molecule has 2 rings (SSSR count).